The van der Waals surface area contributed by atoms with Crippen molar-refractivity contribution in [3.8, 4) is 0 Å². The number of anilines is 1. The first-order chi connectivity index (χ1) is 11.1. The number of hydrogen-bond donors (Lipinski definition) is 2. The second kappa shape index (κ2) is 8.48. The molecule has 3 N–H and O–H groups in total. The predicted octanol–water partition coefficient (Wildman–Crippen LogP) is 4.27. The molecule has 128 valence electrons. The standard InChI is InChI=1S/C18H28N2O2S/c1-3-5-6-7-8-15(21)20-18-16(17(19)22)13-10-9-12(4-2)11-14(13)23-18/h12H,3-11H2,1-2H3,(H2,19,22)(H,20,21). The Labute approximate surface area is 142 Å². The topological polar surface area (TPSA) is 72.2 Å². The summed E-state index contributed by atoms with van der Waals surface area (Å²) in [7, 11) is 0. The fourth-order valence-electron chi connectivity index (χ4n) is 3.25. The highest BCUT2D eigenvalue weighted by atomic mass is 32.1. The number of nitrogens with two attached hydrogens (primary N) is 1. The molecule has 1 heterocycles. The lowest BCUT2D eigenvalue weighted by Gasteiger charge is -2.20. The summed E-state index contributed by atoms with van der Waals surface area (Å²) in [4.78, 5) is 25.2. The monoisotopic (exact) mass is 336 g/mol. The summed E-state index contributed by atoms with van der Waals surface area (Å²) >= 11 is 1.55. The highest BCUT2D eigenvalue weighted by Gasteiger charge is 2.27. The molecule has 0 spiro atoms. The molecule has 23 heavy (non-hydrogen) atoms. The zero-order valence-corrected chi connectivity index (χ0v) is 15.1. The van der Waals surface area contributed by atoms with Crippen LogP contribution in [0.5, 0.6) is 0 Å². The molecule has 1 aromatic rings. The maximum Gasteiger partial charge on any atom is 0.251 e. The molecule has 1 aliphatic rings. The third-order valence-electron chi connectivity index (χ3n) is 4.70. The summed E-state index contributed by atoms with van der Waals surface area (Å²) < 4.78 is 0. The summed E-state index contributed by atoms with van der Waals surface area (Å²) in [6.45, 7) is 4.36. The van der Waals surface area contributed by atoms with Gasteiger partial charge in [-0.25, -0.2) is 0 Å². The first-order valence-corrected chi connectivity index (χ1v) is 9.62. The van der Waals surface area contributed by atoms with E-state index < -0.39 is 5.91 Å². The molecular weight excluding hydrogens is 308 g/mol. The van der Waals surface area contributed by atoms with E-state index in [9.17, 15) is 9.59 Å². The fourth-order valence-corrected chi connectivity index (χ4v) is 4.64. The number of carbonyl (C=O) groups is 2. The zero-order valence-electron chi connectivity index (χ0n) is 14.2. The van der Waals surface area contributed by atoms with E-state index in [4.69, 9.17) is 5.73 Å². The minimum absolute atomic E-state index is 0.00533. The average molecular weight is 337 g/mol. The van der Waals surface area contributed by atoms with Crippen molar-refractivity contribution in [3.05, 3.63) is 16.0 Å². The van der Waals surface area contributed by atoms with Crippen molar-refractivity contribution < 1.29 is 9.59 Å². The number of carbonyl (C=O) groups excluding carboxylic acids is 2. The van der Waals surface area contributed by atoms with Crippen LogP contribution in [-0.2, 0) is 17.6 Å². The van der Waals surface area contributed by atoms with E-state index in [0.29, 0.717) is 22.9 Å². The van der Waals surface area contributed by atoms with Gasteiger partial charge in [0.05, 0.1) is 5.56 Å². The van der Waals surface area contributed by atoms with Crippen LogP contribution in [0.25, 0.3) is 0 Å². The van der Waals surface area contributed by atoms with Crippen molar-refractivity contribution >= 4 is 28.2 Å². The SMILES string of the molecule is CCCCCCC(=O)Nc1sc2c(c1C(N)=O)CCC(CC)C2. The number of fused-ring (bicyclic) bond motifs is 1. The molecule has 0 aromatic carbocycles. The number of thiophene rings is 1. The van der Waals surface area contributed by atoms with Crippen molar-refractivity contribution in [1.82, 2.24) is 0 Å². The number of rotatable bonds is 8. The van der Waals surface area contributed by atoms with Gasteiger partial charge in [-0.3, -0.25) is 9.59 Å². The van der Waals surface area contributed by atoms with Crippen LogP contribution in [-0.4, -0.2) is 11.8 Å². The Hall–Kier alpha value is -1.36. The zero-order chi connectivity index (χ0) is 16.8. The van der Waals surface area contributed by atoms with Gasteiger partial charge in [-0.2, -0.15) is 0 Å². The third-order valence-corrected chi connectivity index (χ3v) is 5.87. The van der Waals surface area contributed by atoms with Crippen LogP contribution in [0.15, 0.2) is 0 Å². The molecule has 5 heteroatoms. The second-order valence-electron chi connectivity index (χ2n) is 6.45. The van der Waals surface area contributed by atoms with E-state index in [2.05, 4.69) is 19.2 Å². The minimum Gasteiger partial charge on any atom is -0.365 e. The van der Waals surface area contributed by atoms with Crippen LogP contribution in [0.4, 0.5) is 5.00 Å². The molecule has 0 bridgehead atoms. The highest BCUT2D eigenvalue weighted by molar-refractivity contribution is 7.17. The van der Waals surface area contributed by atoms with Crippen molar-refractivity contribution in [3.63, 3.8) is 0 Å². The first kappa shape index (κ1) is 18.0. The lowest BCUT2D eigenvalue weighted by molar-refractivity contribution is -0.116. The van der Waals surface area contributed by atoms with Gasteiger partial charge < -0.3 is 11.1 Å². The summed E-state index contributed by atoms with van der Waals surface area (Å²) in [5.41, 5.74) is 7.22. The first-order valence-electron chi connectivity index (χ1n) is 8.80. The summed E-state index contributed by atoms with van der Waals surface area (Å²) in [5, 5.41) is 3.60. The summed E-state index contributed by atoms with van der Waals surface area (Å²) in [6.07, 6.45) is 8.96. The lowest BCUT2D eigenvalue weighted by atomic mass is 9.85. The molecule has 0 saturated heterocycles. The van der Waals surface area contributed by atoms with Crippen LogP contribution >= 0.6 is 11.3 Å². The van der Waals surface area contributed by atoms with Gasteiger partial charge in [0.15, 0.2) is 0 Å². The fraction of sp³-hybridized carbons (Fsp3) is 0.667. The van der Waals surface area contributed by atoms with Crippen LogP contribution in [0.3, 0.4) is 0 Å². The molecule has 1 atom stereocenters. The largest absolute Gasteiger partial charge is 0.365 e. The molecule has 1 aliphatic carbocycles. The molecule has 4 nitrogen and oxygen atoms in total. The Morgan fingerprint density at radius 2 is 2.04 bits per heavy atom. The van der Waals surface area contributed by atoms with Gasteiger partial charge >= 0.3 is 0 Å². The maximum atomic E-state index is 12.1. The van der Waals surface area contributed by atoms with Gasteiger partial charge in [-0.05, 0) is 37.2 Å². The van der Waals surface area contributed by atoms with E-state index in [1.807, 2.05) is 0 Å². The maximum absolute atomic E-state index is 12.1. The molecule has 2 rings (SSSR count). The van der Waals surface area contributed by atoms with Gasteiger partial charge in [-0.15, -0.1) is 11.3 Å². The Morgan fingerprint density at radius 3 is 2.70 bits per heavy atom. The van der Waals surface area contributed by atoms with Gasteiger partial charge in [0.2, 0.25) is 5.91 Å². The van der Waals surface area contributed by atoms with E-state index in [0.717, 1.165) is 56.9 Å². The van der Waals surface area contributed by atoms with Crippen molar-refractivity contribution in [2.75, 3.05) is 5.32 Å². The number of primary amides is 1. The summed E-state index contributed by atoms with van der Waals surface area (Å²) in [6, 6.07) is 0. The Morgan fingerprint density at radius 1 is 1.26 bits per heavy atom. The van der Waals surface area contributed by atoms with Crippen molar-refractivity contribution in [1.29, 1.82) is 0 Å². The molecule has 0 radical (unpaired) electrons. The van der Waals surface area contributed by atoms with Gasteiger partial charge in [0, 0.05) is 11.3 Å². The van der Waals surface area contributed by atoms with E-state index in [1.165, 1.54) is 4.88 Å². The van der Waals surface area contributed by atoms with Gasteiger partial charge in [0.25, 0.3) is 5.91 Å². The van der Waals surface area contributed by atoms with E-state index >= 15 is 0 Å². The smallest absolute Gasteiger partial charge is 0.251 e. The molecule has 1 unspecified atom stereocenters. The van der Waals surface area contributed by atoms with E-state index in [-0.39, 0.29) is 5.91 Å². The van der Waals surface area contributed by atoms with E-state index in [1.54, 1.807) is 11.3 Å². The van der Waals surface area contributed by atoms with Crippen LogP contribution in [0.2, 0.25) is 0 Å². The Bertz CT molecular complexity index is 566. The number of hydrogen-bond acceptors (Lipinski definition) is 3. The quantitative estimate of drug-likeness (QED) is 0.696. The summed E-state index contributed by atoms with van der Waals surface area (Å²) in [5.74, 6) is 0.257. The molecule has 2 amide bonds. The van der Waals surface area contributed by atoms with Gasteiger partial charge in [0.1, 0.15) is 5.00 Å². The number of amides is 2. The lowest BCUT2D eigenvalue weighted by Crippen LogP contribution is -2.19. The normalized spacial score (nSPS) is 16.9. The number of nitrogens with one attached hydrogen (secondary N) is 1. The Balaban J connectivity index is 2.08. The number of unbranched alkanes of at least 4 members (excludes halogenated alkanes) is 3. The predicted molar refractivity (Wildman–Crippen MR) is 96.0 cm³/mol. The second-order valence-corrected chi connectivity index (χ2v) is 7.55. The average Bonchev–Trinajstić information content (AvgIpc) is 2.88. The molecule has 0 aliphatic heterocycles. The molecule has 1 aromatic heterocycles. The third kappa shape index (κ3) is 4.56. The Kier molecular flexibility index (Phi) is 6.63. The minimum atomic E-state index is -0.418. The highest BCUT2D eigenvalue weighted by Crippen LogP contribution is 2.40. The molecule has 0 fully saturated rings. The van der Waals surface area contributed by atoms with Crippen LogP contribution in [0, 0.1) is 5.92 Å². The van der Waals surface area contributed by atoms with Crippen LogP contribution in [0.1, 0.15) is 79.6 Å². The molecular formula is C18H28N2O2S. The van der Waals surface area contributed by atoms with Gasteiger partial charge in [-0.1, -0.05) is 39.5 Å². The van der Waals surface area contributed by atoms with Crippen molar-refractivity contribution in [2.45, 2.75) is 71.6 Å². The van der Waals surface area contributed by atoms with Crippen molar-refractivity contribution in [2.24, 2.45) is 11.7 Å². The molecule has 0 saturated carbocycles. The van der Waals surface area contributed by atoms with Crippen LogP contribution < -0.4 is 11.1 Å².